The fraction of sp³-hybridized carbons (Fsp3) is 0.818. The van der Waals surface area contributed by atoms with Crippen LogP contribution in [-0.2, 0) is 16.1 Å². The zero-order valence-electron chi connectivity index (χ0n) is 10.7. The van der Waals surface area contributed by atoms with Crippen LogP contribution in [0.2, 0.25) is 0 Å². The Kier molecular flexibility index (Phi) is 5.79. The summed E-state index contributed by atoms with van der Waals surface area (Å²) in [6.45, 7) is 6.35. The lowest BCUT2D eigenvalue weighted by molar-refractivity contribution is 0.0378. The van der Waals surface area contributed by atoms with Crippen molar-refractivity contribution in [1.82, 2.24) is 14.3 Å². The number of morpholine rings is 1. The molecule has 0 spiro atoms. The highest BCUT2D eigenvalue weighted by Crippen LogP contribution is 2.11. The summed E-state index contributed by atoms with van der Waals surface area (Å²) in [5, 5.41) is 4.17. The van der Waals surface area contributed by atoms with E-state index in [-0.39, 0.29) is 0 Å². The molecule has 2 heterocycles. The van der Waals surface area contributed by atoms with Crippen LogP contribution in [0.5, 0.6) is 0 Å². The summed E-state index contributed by atoms with van der Waals surface area (Å²) >= 11 is 1.39. The molecule has 2 rings (SSSR count). The fourth-order valence-corrected chi connectivity index (χ4v) is 2.43. The number of rotatable bonds is 7. The predicted molar refractivity (Wildman–Crippen MR) is 71.0 cm³/mol. The maximum atomic E-state index is 5.32. The molecule has 0 aliphatic carbocycles. The van der Waals surface area contributed by atoms with Crippen LogP contribution in [0.15, 0.2) is 0 Å². The summed E-state index contributed by atoms with van der Waals surface area (Å²) in [4.78, 5) is 6.75. The maximum absolute atomic E-state index is 5.32. The zero-order valence-corrected chi connectivity index (χ0v) is 11.5. The molecule has 0 amide bonds. The molecule has 1 aliphatic heterocycles. The fourth-order valence-electron chi connectivity index (χ4n) is 1.84. The highest BCUT2D eigenvalue weighted by Gasteiger charge is 2.09. The molecular weight excluding hydrogens is 252 g/mol. The van der Waals surface area contributed by atoms with Crippen molar-refractivity contribution in [3.8, 4) is 0 Å². The molecule has 1 aliphatic rings. The summed E-state index contributed by atoms with van der Waals surface area (Å²) < 4.78 is 14.5. The van der Waals surface area contributed by atoms with Crippen LogP contribution in [0.3, 0.4) is 0 Å². The molecule has 1 aromatic rings. The van der Waals surface area contributed by atoms with Crippen molar-refractivity contribution in [2.45, 2.75) is 13.0 Å². The van der Waals surface area contributed by atoms with Crippen LogP contribution < -0.4 is 5.32 Å². The zero-order chi connectivity index (χ0) is 12.6. The van der Waals surface area contributed by atoms with Gasteiger partial charge in [-0.05, 0) is 13.0 Å². The lowest BCUT2D eigenvalue weighted by Crippen LogP contribution is -2.37. The Hall–Kier alpha value is -0.760. The molecular formula is C11H20N4O2S. The van der Waals surface area contributed by atoms with Crippen LogP contribution in [-0.4, -0.2) is 60.8 Å². The number of hydrogen-bond acceptors (Lipinski definition) is 7. The Morgan fingerprint density at radius 2 is 2.28 bits per heavy atom. The normalized spacial score (nSPS) is 16.9. The van der Waals surface area contributed by atoms with Gasteiger partial charge in [0, 0.05) is 38.3 Å². The first-order chi connectivity index (χ1) is 8.88. The minimum Gasteiger partial charge on any atom is -0.379 e. The molecule has 7 heteroatoms. The number of ether oxygens (including phenoxy) is 2. The van der Waals surface area contributed by atoms with Gasteiger partial charge in [-0.2, -0.15) is 4.37 Å². The van der Waals surface area contributed by atoms with E-state index >= 15 is 0 Å². The highest BCUT2D eigenvalue weighted by atomic mass is 32.1. The van der Waals surface area contributed by atoms with Crippen molar-refractivity contribution >= 4 is 16.7 Å². The number of methoxy groups -OCH3 is 1. The second-order valence-electron chi connectivity index (χ2n) is 4.18. The second-order valence-corrected chi connectivity index (χ2v) is 4.93. The average molecular weight is 272 g/mol. The van der Waals surface area contributed by atoms with Gasteiger partial charge in [-0.25, -0.2) is 4.98 Å². The molecule has 1 N–H and O–H groups in total. The van der Waals surface area contributed by atoms with Gasteiger partial charge in [0.1, 0.15) is 6.61 Å². The number of aromatic nitrogens is 2. The largest absolute Gasteiger partial charge is 0.379 e. The molecule has 1 saturated heterocycles. The van der Waals surface area contributed by atoms with Crippen molar-refractivity contribution in [3.05, 3.63) is 5.82 Å². The minimum atomic E-state index is 0.478. The molecule has 0 bridgehead atoms. The van der Waals surface area contributed by atoms with Gasteiger partial charge < -0.3 is 14.8 Å². The molecule has 1 aromatic heterocycles. The molecule has 0 atom stereocenters. The number of anilines is 1. The van der Waals surface area contributed by atoms with Gasteiger partial charge in [0.05, 0.1) is 13.2 Å². The first-order valence-electron chi connectivity index (χ1n) is 6.24. The monoisotopic (exact) mass is 272 g/mol. The Morgan fingerprint density at radius 1 is 1.44 bits per heavy atom. The van der Waals surface area contributed by atoms with E-state index in [4.69, 9.17) is 9.47 Å². The van der Waals surface area contributed by atoms with E-state index in [1.54, 1.807) is 7.11 Å². The Morgan fingerprint density at radius 3 is 3.06 bits per heavy atom. The van der Waals surface area contributed by atoms with E-state index in [0.717, 1.165) is 56.8 Å². The van der Waals surface area contributed by atoms with Crippen LogP contribution in [0, 0.1) is 0 Å². The van der Waals surface area contributed by atoms with Gasteiger partial charge in [-0.3, -0.25) is 4.90 Å². The Bertz CT molecular complexity index is 342. The number of hydrogen-bond donors (Lipinski definition) is 1. The molecule has 0 aromatic carbocycles. The van der Waals surface area contributed by atoms with Gasteiger partial charge in [0.25, 0.3) is 0 Å². The third kappa shape index (κ3) is 4.49. The highest BCUT2D eigenvalue weighted by molar-refractivity contribution is 7.09. The van der Waals surface area contributed by atoms with Crippen molar-refractivity contribution in [1.29, 1.82) is 0 Å². The van der Waals surface area contributed by atoms with E-state index in [2.05, 4.69) is 19.6 Å². The summed E-state index contributed by atoms with van der Waals surface area (Å²) in [5.41, 5.74) is 0. The molecule has 0 unspecified atom stereocenters. The van der Waals surface area contributed by atoms with Crippen molar-refractivity contribution < 1.29 is 9.47 Å². The van der Waals surface area contributed by atoms with Gasteiger partial charge in [-0.1, -0.05) is 0 Å². The van der Waals surface area contributed by atoms with Gasteiger partial charge in [0.15, 0.2) is 5.82 Å². The maximum Gasteiger partial charge on any atom is 0.202 e. The van der Waals surface area contributed by atoms with E-state index in [9.17, 15) is 0 Å². The van der Waals surface area contributed by atoms with Crippen LogP contribution in [0.1, 0.15) is 12.2 Å². The van der Waals surface area contributed by atoms with Gasteiger partial charge >= 0.3 is 0 Å². The van der Waals surface area contributed by atoms with Crippen LogP contribution >= 0.6 is 11.5 Å². The molecule has 102 valence electrons. The smallest absolute Gasteiger partial charge is 0.202 e. The number of nitrogens with one attached hydrogen (secondary N) is 1. The van der Waals surface area contributed by atoms with Gasteiger partial charge in [-0.15, -0.1) is 0 Å². The van der Waals surface area contributed by atoms with Crippen molar-refractivity contribution in [2.75, 3.05) is 51.8 Å². The van der Waals surface area contributed by atoms with E-state index in [1.165, 1.54) is 11.5 Å². The number of nitrogens with zero attached hydrogens (tertiary/aromatic N) is 3. The Labute approximate surface area is 111 Å². The summed E-state index contributed by atoms with van der Waals surface area (Å²) in [7, 11) is 1.65. The lowest BCUT2D eigenvalue weighted by atomic mass is 10.3. The second kappa shape index (κ2) is 7.63. The summed E-state index contributed by atoms with van der Waals surface area (Å²) in [5.74, 6) is 0.748. The van der Waals surface area contributed by atoms with Crippen LogP contribution in [0.4, 0.5) is 5.13 Å². The van der Waals surface area contributed by atoms with E-state index in [1.807, 2.05) is 0 Å². The Balaban J connectivity index is 1.59. The van der Waals surface area contributed by atoms with Crippen LogP contribution in [0.25, 0.3) is 0 Å². The van der Waals surface area contributed by atoms with E-state index in [0.29, 0.717) is 6.61 Å². The average Bonchev–Trinajstić information content (AvgIpc) is 2.84. The standard InChI is InChI=1S/C11H20N4O2S/c1-16-9-10-13-11(18-14-10)12-3-2-4-15-5-7-17-8-6-15/h2-9H2,1H3,(H,12,13,14). The van der Waals surface area contributed by atoms with Crippen molar-refractivity contribution in [2.24, 2.45) is 0 Å². The molecule has 18 heavy (non-hydrogen) atoms. The first-order valence-corrected chi connectivity index (χ1v) is 7.01. The molecule has 6 nitrogen and oxygen atoms in total. The van der Waals surface area contributed by atoms with Gasteiger partial charge in [0.2, 0.25) is 5.13 Å². The molecule has 0 radical (unpaired) electrons. The molecule has 1 fully saturated rings. The minimum absolute atomic E-state index is 0.478. The van der Waals surface area contributed by atoms with Crippen molar-refractivity contribution in [3.63, 3.8) is 0 Å². The molecule has 0 saturated carbocycles. The topological polar surface area (TPSA) is 59.5 Å². The third-order valence-corrected chi connectivity index (χ3v) is 3.48. The first kappa shape index (κ1) is 13.7. The van der Waals surface area contributed by atoms with E-state index < -0.39 is 0 Å². The summed E-state index contributed by atoms with van der Waals surface area (Å²) in [6.07, 6.45) is 1.11. The lowest BCUT2D eigenvalue weighted by Gasteiger charge is -2.26. The SMILES string of the molecule is COCc1nsc(NCCCN2CCOCC2)n1. The third-order valence-electron chi connectivity index (χ3n) is 2.77. The summed E-state index contributed by atoms with van der Waals surface area (Å²) in [6, 6.07) is 0. The quantitative estimate of drug-likeness (QED) is 0.742. The predicted octanol–water partition coefficient (Wildman–Crippen LogP) is 0.819.